The quantitative estimate of drug-likeness (QED) is 0.853. The van der Waals surface area contributed by atoms with E-state index >= 15 is 0 Å². The van der Waals surface area contributed by atoms with Crippen LogP contribution in [0.2, 0.25) is 5.02 Å². The zero-order valence-corrected chi connectivity index (χ0v) is 13.0. The molecule has 2 heterocycles. The molecule has 1 unspecified atom stereocenters. The van der Waals surface area contributed by atoms with Crippen molar-refractivity contribution >= 4 is 23.4 Å². The van der Waals surface area contributed by atoms with E-state index in [4.69, 9.17) is 20.9 Å². The number of hydrogen-bond acceptors (Lipinski definition) is 6. The van der Waals surface area contributed by atoms with Gasteiger partial charge >= 0.3 is 0 Å². The van der Waals surface area contributed by atoms with Crippen LogP contribution in [-0.2, 0) is 16.9 Å². The molecule has 1 saturated heterocycles. The summed E-state index contributed by atoms with van der Waals surface area (Å²) in [6.07, 6.45) is 0.780. The third kappa shape index (κ3) is 4.44. The molecule has 0 radical (unpaired) electrons. The van der Waals surface area contributed by atoms with Crippen LogP contribution in [0.25, 0.3) is 0 Å². The smallest absolute Gasteiger partial charge is 0.229 e. The van der Waals surface area contributed by atoms with Crippen LogP contribution in [-0.4, -0.2) is 35.9 Å². The fourth-order valence-corrected chi connectivity index (χ4v) is 2.92. The average molecular weight is 326 g/mol. The normalized spacial score (nSPS) is 18.8. The molecule has 112 valence electrons. The number of morpholine rings is 1. The number of rotatable bonds is 5. The molecule has 3 rings (SSSR count). The maximum absolute atomic E-state index is 5.86. The first-order valence-corrected chi connectivity index (χ1v) is 8.18. The Morgan fingerprint density at radius 3 is 2.95 bits per heavy atom. The van der Waals surface area contributed by atoms with Gasteiger partial charge in [0.25, 0.3) is 0 Å². The van der Waals surface area contributed by atoms with Crippen LogP contribution < -0.4 is 5.32 Å². The molecule has 5 nitrogen and oxygen atoms in total. The molecule has 0 spiro atoms. The minimum Gasteiger partial charge on any atom is -0.375 e. The number of nitrogens with zero attached hydrogens (tertiary/aromatic N) is 2. The van der Waals surface area contributed by atoms with E-state index in [1.807, 2.05) is 24.3 Å². The SMILES string of the molecule is Clc1ccc(SCc2noc(CC3CNCCO3)n2)cc1. The first-order chi connectivity index (χ1) is 10.3. The van der Waals surface area contributed by atoms with Crippen LogP contribution in [0.4, 0.5) is 0 Å². The number of aromatic nitrogens is 2. The van der Waals surface area contributed by atoms with Crippen LogP contribution in [0, 0.1) is 0 Å². The average Bonchev–Trinajstić information content (AvgIpc) is 2.95. The minimum atomic E-state index is 0.121. The summed E-state index contributed by atoms with van der Waals surface area (Å²) in [5.41, 5.74) is 0. The number of halogens is 1. The van der Waals surface area contributed by atoms with Crippen molar-refractivity contribution in [1.29, 1.82) is 0 Å². The third-order valence-electron chi connectivity index (χ3n) is 3.10. The van der Waals surface area contributed by atoms with Crippen molar-refractivity contribution in [2.24, 2.45) is 0 Å². The highest BCUT2D eigenvalue weighted by Crippen LogP contribution is 2.23. The maximum atomic E-state index is 5.86. The zero-order valence-electron chi connectivity index (χ0n) is 11.4. The van der Waals surface area contributed by atoms with E-state index in [9.17, 15) is 0 Å². The summed E-state index contributed by atoms with van der Waals surface area (Å²) < 4.78 is 10.9. The van der Waals surface area contributed by atoms with Gasteiger partial charge in [0.15, 0.2) is 5.82 Å². The summed E-state index contributed by atoms with van der Waals surface area (Å²) in [6, 6.07) is 7.71. The van der Waals surface area contributed by atoms with Gasteiger partial charge in [-0.15, -0.1) is 11.8 Å². The van der Waals surface area contributed by atoms with Crippen LogP contribution >= 0.6 is 23.4 Å². The van der Waals surface area contributed by atoms with E-state index in [-0.39, 0.29) is 6.10 Å². The maximum Gasteiger partial charge on any atom is 0.229 e. The number of hydrogen-bond donors (Lipinski definition) is 1. The van der Waals surface area contributed by atoms with Gasteiger partial charge in [-0.1, -0.05) is 16.8 Å². The van der Waals surface area contributed by atoms with E-state index in [1.165, 1.54) is 0 Å². The largest absolute Gasteiger partial charge is 0.375 e. The van der Waals surface area contributed by atoms with Gasteiger partial charge in [-0.05, 0) is 24.3 Å². The van der Waals surface area contributed by atoms with Crippen LogP contribution in [0.15, 0.2) is 33.7 Å². The Morgan fingerprint density at radius 1 is 1.33 bits per heavy atom. The molecule has 0 bridgehead atoms. The summed E-state index contributed by atoms with van der Waals surface area (Å²) in [5, 5.41) is 8.03. The lowest BCUT2D eigenvalue weighted by Gasteiger charge is -2.21. The molecule has 1 atom stereocenters. The van der Waals surface area contributed by atoms with Crippen molar-refractivity contribution < 1.29 is 9.26 Å². The Bertz CT molecular complexity index is 570. The van der Waals surface area contributed by atoms with Gasteiger partial charge < -0.3 is 14.6 Å². The number of nitrogens with one attached hydrogen (secondary N) is 1. The van der Waals surface area contributed by atoms with Crippen molar-refractivity contribution in [3.05, 3.63) is 41.0 Å². The first kappa shape index (κ1) is 14.8. The molecule has 0 saturated carbocycles. The van der Waals surface area contributed by atoms with E-state index in [2.05, 4.69) is 15.5 Å². The van der Waals surface area contributed by atoms with Gasteiger partial charge in [0, 0.05) is 23.0 Å². The molecule has 21 heavy (non-hydrogen) atoms. The molecule has 2 aromatic rings. The lowest BCUT2D eigenvalue weighted by atomic mass is 10.2. The Kier molecular flexibility index (Phi) is 5.13. The van der Waals surface area contributed by atoms with E-state index < -0.39 is 0 Å². The Labute approximate surface area is 132 Å². The molecule has 0 aliphatic carbocycles. The van der Waals surface area contributed by atoms with Crippen molar-refractivity contribution in [3.63, 3.8) is 0 Å². The minimum absolute atomic E-state index is 0.121. The molecule has 1 N–H and O–H groups in total. The topological polar surface area (TPSA) is 60.2 Å². The Hall–Kier alpha value is -1.08. The first-order valence-electron chi connectivity index (χ1n) is 6.82. The lowest BCUT2D eigenvalue weighted by molar-refractivity contribution is 0.0246. The van der Waals surface area contributed by atoms with Gasteiger partial charge in [0.05, 0.1) is 24.9 Å². The molecular weight excluding hydrogens is 310 g/mol. The van der Waals surface area contributed by atoms with Crippen LogP contribution in [0.3, 0.4) is 0 Å². The summed E-state index contributed by atoms with van der Waals surface area (Å²) in [4.78, 5) is 5.53. The van der Waals surface area contributed by atoms with Crippen molar-refractivity contribution in [1.82, 2.24) is 15.5 Å². The molecule has 1 aromatic carbocycles. The molecule has 7 heteroatoms. The Morgan fingerprint density at radius 2 is 2.19 bits per heavy atom. The van der Waals surface area contributed by atoms with Gasteiger partial charge in [-0.3, -0.25) is 0 Å². The fourth-order valence-electron chi connectivity index (χ4n) is 2.06. The van der Waals surface area contributed by atoms with Gasteiger partial charge in [-0.25, -0.2) is 0 Å². The summed E-state index contributed by atoms with van der Waals surface area (Å²) in [5.74, 6) is 2.01. The van der Waals surface area contributed by atoms with E-state index in [1.54, 1.807) is 11.8 Å². The number of benzene rings is 1. The fraction of sp³-hybridized carbons (Fsp3) is 0.429. The molecular formula is C14H16ClN3O2S. The zero-order chi connectivity index (χ0) is 14.5. The van der Waals surface area contributed by atoms with Crippen LogP contribution in [0.5, 0.6) is 0 Å². The second-order valence-electron chi connectivity index (χ2n) is 4.75. The highest BCUT2D eigenvalue weighted by atomic mass is 35.5. The predicted molar refractivity (Wildman–Crippen MR) is 81.6 cm³/mol. The van der Waals surface area contributed by atoms with E-state index in [0.29, 0.717) is 23.9 Å². The molecule has 1 aliphatic heterocycles. The summed E-state index contributed by atoms with van der Waals surface area (Å²) in [6.45, 7) is 2.47. The predicted octanol–water partition coefficient (Wildman–Crippen LogP) is 2.55. The highest BCUT2D eigenvalue weighted by molar-refractivity contribution is 7.98. The standard InChI is InChI=1S/C14H16ClN3O2S/c15-10-1-3-12(4-2-10)21-9-13-17-14(20-18-13)7-11-8-16-5-6-19-11/h1-4,11,16H,5-9H2. The molecule has 1 aromatic heterocycles. The van der Waals surface area contributed by atoms with Crippen molar-refractivity contribution in [2.45, 2.75) is 23.2 Å². The lowest BCUT2D eigenvalue weighted by Crippen LogP contribution is -2.39. The molecule has 1 aliphatic rings. The second kappa shape index (κ2) is 7.26. The summed E-state index contributed by atoms with van der Waals surface area (Å²) >= 11 is 7.51. The van der Waals surface area contributed by atoms with Crippen molar-refractivity contribution in [3.8, 4) is 0 Å². The van der Waals surface area contributed by atoms with Crippen molar-refractivity contribution in [2.75, 3.05) is 19.7 Å². The molecule has 0 amide bonds. The monoisotopic (exact) mass is 325 g/mol. The van der Waals surface area contributed by atoms with Crippen LogP contribution in [0.1, 0.15) is 11.7 Å². The number of ether oxygens (including phenoxy) is 1. The second-order valence-corrected chi connectivity index (χ2v) is 6.23. The molecule has 1 fully saturated rings. The highest BCUT2D eigenvalue weighted by Gasteiger charge is 2.17. The third-order valence-corrected chi connectivity index (χ3v) is 4.36. The van der Waals surface area contributed by atoms with Gasteiger partial charge in [0.2, 0.25) is 5.89 Å². The number of thioether (sulfide) groups is 1. The van der Waals surface area contributed by atoms with Gasteiger partial charge in [-0.2, -0.15) is 4.98 Å². The Balaban J connectivity index is 1.51. The summed E-state index contributed by atoms with van der Waals surface area (Å²) in [7, 11) is 0. The van der Waals surface area contributed by atoms with E-state index in [0.717, 1.165) is 29.6 Å². The van der Waals surface area contributed by atoms with Gasteiger partial charge in [0.1, 0.15) is 0 Å².